The second kappa shape index (κ2) is 6.53. The number of aliphatic hydroxyl groups is 1. The Balaban J connectivity index is 1.91. The Labute approximate surface area is 117 Å². The summed E-state index contributed by atoms with van der Waals surface area (Å²) in [5.41, 5.74) is 1.04. The summed E-state index contributed by atoms with van der Waals surface area (Å²) in [6.45, 7) is 10.2. The van der Waals surface area contributed by atoms with Gasteiger partial charge >= 0.3 is 0 Å². The molecule has 2 heteroatoms. The Hall–Kier alpha value is -0.860. The smallest absolute Gasteiger partial charge is 0.0827 e. The first-order valence-corrected chi connectivity index (χ1v) is 7.51. The first-order chi connectivity index (χ1) is 9.06. The summed E-state index contributed by atoms with van der Waals surface area (Å²) in [5.74, 6) is 1.84. The third kappa shape index (κ3) is 4.05. The molecule has 0 amide bonds. The van der Waals surface area contributed by atoms with Crippen LogP contribution in [0.2, 0.25) is 0 Å². The minimum atomic E-state index is -0.353. The van der Waals surface area contributed by atoms with Crippen LogP contribution in [0.15, 0.2) is 30.3 Å². The monoisotopic (exact) mass is 261 g/mol. The molecule has 1 N–H and O–H groups in total. The van der Waals surface area contributed by atoms with E-state index in [9.17, 15) is 5.11 Å². The standard InChI is InChI=1S/C17H27NO/c1-13-9-14(2)11-18(10-13)12-15(3)17(19)16-7-5-4-6-8-16/h4-8,13-15,17,19H,9-12H2,1-3H3. The zero-order valence-electron chi connectivity index (χ0n) is 12.4. The summed E-state index contributed by atoms with van der Waals surface area (Å²) in [6, 6.07) is 10.0. The Morgan fingerprint density at radius 3 is 2.32 bits per heavy atom. The molecule has 106 valence electrons. The van der Waals surface area contributed by atoms with Gasteiger partial charge in [-0.1, -0.05) is 51.1 Å². The van der Waals surface area contributed by atoms with Gasteiger partial charge in [0.15, 0.2) is 0 Å². The van der Waals surface area contributed by atoms with Gasteiger partial charge in [-0.25, -0.2) is 0 Å². The molecule has 0 saturated carbocycles. The predicted octanol–water partition coefficient (Wildman–Crippen LogP) is 3.33. The maximum Gasteiger partial charge on any atom is 0.0827 e. The number of benzene rings is 1. The molecule has 1 aromatic carbocycles. The third-order valence-corrected chi connectivity index (χ3v) is 4.17. The van der Waals surface area contributed by atoms with Crippen LogP contribution in [-0.2, 0) is 0 Å². The quantitative estimate of drug-likeness (QED) is 0.898. The second-order valence-corrected chi connectivity index (χ2v) is 6.50. The van der Waals surface area contributed by atoms with Crippen molar-refractivity contribution in [1.29, 1.82) is 0 Å². The molecule has 1 fully saturated rings. The summed E-state index contributed by atoms with van der Waals surface area (Å²) >= 11 is 0. The fourth-order valence-electron chi connectivity index (χ4n) is 3.43. The van der Waals surface area contributed by atoms with Crippen molar-refractivity contribution in [2.75, 3.05) is 19.6 Å². The predicted molar refractivity (Wildman–Crippen MR) is 80.0 cm³/mol. The number of likely N-dealkylation sites (tertiary alicyclic amines) is 1. The number of hydrogen-bond acceptors (Lipinski definition) is 2. The van der Waals surface area contributed by atoms with E-state index in [-0.39, 0.29) is 12.0 Å². The van der Waals surface area contributed by atoms with Gasteiger partial charge in [-0.2, -0.15) is 0 Å². The zero-order chi connectivity index (χ0) is 13.8. The summed E-state index contributed by atoms with van der Waals surface area (Å²) in [5, 5.41) is 10.4. The molecular weight excluding hydrogens is 234 g/mol. The maximum atomic E-state index is 10.4. The lowest BCUT2D eigenvalue weighted by atomic mass is 9.90. The van der Waals surface area contributed by atoms with Gasteiger partial charge in [0.25, 0.3) is 0 Å². The molecule has 0 aliphatic carbocycles. The molecule has 19 heavy (non-hydrogen) atoms. The van der Waals surface area contributed by atoms with Crippen LogP contribution in [0.1, 0.15) is 38.9 Å². The molecule has 2 nitrogen and oxygen atoms in total. The van der Waals surface area contributed by atoms with Crippen molar-refractivity contribution < 1.29 is 5.11 Å². The highest BCUT2D eigenvalue weighted by Gasteiger charge is 2.25. The van der Waals surface area contributed by atoms with E-state index < -0.39 is 0 Å². The number of piperidine rings is 1. The van der Waals surface area contributed by atoms with Crippen LogP contribution in [0.25, 0.3) is 0 Å². The number of hydrogen-bond donors (Lipinski definition) is 1. The van der Waals surface area contributed by atoms with Crippen molar-refractivity contribution in [3.63, 3.8) is 0 Å². The molecule has 1 heterocycles. The Morgan fingerprint density at radius 2 is 1.74 bits per heavy atom. The van der Waals surface area contributed by atoms with E-state index in [0.717, 1.165) is 23.9 Å². The van der Waals surface area contributed by atoms with Crippen molar-refractivity contribution in [2.24, 2.45) is 17.8 Å². The molecule has 0 radical (unpaired) electrons. The Bertz CT molecular complexity index is 368. The van der Waals surface area contributed by atoms with Gasteiger partial charge in [-0.3, -0.25) is 0 Å². The lowest BCUT2D eigenvalue weighted by Crippen LogP contribution is -2.41. The molecule has 0 aromatic heterocycles. The highest BCUT2D eigenvalue weighted by atomic mass is 16.3. The summed E-state index contributed by atoms with van der Waals surface area (Å²) in [7, 11) is 0. The van der Waals surface area contributed by atoms with E-state index in [1.807, 2.05) is 30.3 Å². The summed E-state index contributed by atoms with van der Waals surface area (Å²) in [6.07, 6.45) is 0.986. The van der Waals surface area contributed by atoms with E-state index in [1.165, 1.54) is 19.5 Å². The molecule has 4 unspecified atom stereocenters. The van der Waals surface area contributed by atoms with Gasteiger partial charge in [0.2, 0.25) is 0 Å². The van der Waals surface area contributed by atoms with E-state index in [1.54, 1.807) is 0 Å². The fourth-order valence-corrected chi connectivity index (χ4v) is 3.43. The normalized spacial score (nSPS) is 28.0. The second-order valence-electron chi connectivity index (χ2n) is 6.50. The maximum absolute atomic E-state index is 10.4. The SMILES string of the molecule is CC1CC(C)CN(CC(C)C(O)c2ccccc2)C1. The van der Waals surface area contributed by atoms with E-state index in [2.05, 4.69) is 25.7 Å². The third-order valence-electron chi connectivity index (χ3n) is 4.17. The average Bonchev–Trinajstić information content (AvgIpc) is 2.37. The first-order valence-electron chi connectivity index (χ1n) is 7.51. The van der Waals surface area contributed by atoms with Gasteiger partial charge in [-0.15, -0.1) is 0 Å². The number of nitrogens with zero attached hydrogens (tertiary/aromatic N) is 1. The van der Waals surface area contributed by atoms with Crippen LogP contribution in [0.5, 0.6) is 0 Å². The van der Waals surface area contributed by atoms with Crippen LogP contribution in [0.3, 0.4) is 0 Å². The average molecular weight is 261 g/mol. The van der Waals surface area contributed by atoms with Gasteiger partial charge in [0.05, 0.1) is 6.10 Å². The lowest BCUT2D eigenvalue weighted by Gasteiger charge is -2.37. The summed E-state index contributed by atoms with van der Waals surface area (Å²) in [4.78, 5) is 2.52. The molecule has 1 saturated heterocycles. The highest BCUT2D eigenvalue weighted by Crippen LogP contribution is 2.26. The molecule has 0 spiro atoms. The summed E-state index contributed by atoms with van der Waals surface area (Å²) < 4.78 is 0. The van der Waals surface area contributed by atoms with Crippen LogP contribution < -0.4 is 0 Å². The minimum absolute atomic E-state index is 0.278. The van der Waals surface area contributed by atoms with Crippen LogP contribution in [0.4, 0.5) is 0 Å². The molecular formula is C17H27NO. The van der Waals surface area contributed by atoms with Gasteiger partial charge in [0.1, 0.15) is 0 Å². The Morgan fingerprint density at radius 1 is 1.16 bits per heavy atom. The van der Waals surface area contributed by atoms with E-state index >= 15 is 0 Å². The minimum Gasteiger partial charge on any atom is -0.388 e. The molecule has 0 bridgehead atoms. The van der Waals surface area contributed by atoms with Crippen molar-refractivity contribution in [3.8, 4) is 0 Å². The van der Waals surface area contributed by atoms with Gasteiger partial charge < -0.3 is 10.0 Å². The molecule has 1 aliphatic rings. The Kier molecular flexibility index (Phi) is 5.00. The number of aliphatic hydroxyl groups excluding tert-OH is 1. The van der Waals surface area contributed by atoms with Gasteiger partial charge in [-0.05, 0) is 29.7 Å². The molecule has 1 aliphatic heterocycles. The van der Waals surface area contributed by atoms with Crippen LogP contribution in [-0.4, -0.2) is 29.6 Å². The largest absolute Gasteiger partial charge is 0.388 e. The molecule has 2 rings (SSSR count). The molecule has 4 atom stereocenters. The van der Waals surface area contributed by atoms with Crippen LogP contribution >= 0.6 is 0 Å². The van der Waals surface area contributed by atoms with Crippen molar-refractivity contribution in [1.82, 2.24) is 4.90 Å². The first kappa shape index (κ1) is 14.5. The van der Waals surface area contributed by atoms with E-state index in [4.69, 9.17) is 0 Å². The zero-order valence-corrected chi connectivity index (χ0v) is 12.4. The van der Waals surface area contributed by atoms with Crippen LogP contribution in [0, 0.1) is 17.8 Å². The fraction of sp³-hybridized carbons (Fsp3) is 0.647. The lowest BCUT2D eigenvalue weighted by molar-refractivity contribution is 0.0621. The van der Waals surface area contributed by atoms with Crippen molar-refractivity contribution in [3.05, 3.63) is 35.9 Å². The van der Waals surface area contributed by atoms with E-state index in [0.29, 0.717) is 0 Å². The van der Waals surface area contributed by atoms with Gasteiger partial charge in [0, 0.05) is 19.6 Å². The van der Waals surface area contributed by atoms with Crippen molar-refractivity contribution in [2.45, 2.75) is 33.3 Å². The topological polar surface area (TPSA) is 23.5 Å². The number of rotatable bonds is 4. The van der Waals surface area contributed by atoms with Crippen molar-refractivity contribution >= 4 is 0 Å². The highest BCUT2D eigenvalue weighted by molar-refractivity contribution is 5.17. The molecule has 1 aromatic rings.